The first kappa shape index (κ1) is 14.0. The molecular formula is C17H23N3O. The van der Waals surface area contributed by atoms with Crippen molar-refractivity contribution in [1.29, 1.82) is 0 Å². The van der Waals surface area contributed by atoms with Gasteiger partial charge in [-0.2, -0.15) is 0 Å². The highest BCUT2D eigenvalue weighted by Crippen LogP contribution is 2.28. The second-order valence-corrected chi connectivity index (χ2v) is 5.69. The summed E-state index contributed by atoms with van der Waals surface area (Å²) in [7, 11) is 0. The molecule has 2 heterocycles. The number of fused-ring (bicyclic) bond motifs is 1. The van der Waals surface area contributed by atoms with Crippen molar-refractivity contribution in [2.45, 2.75) is 45.8 Å². The molecule has 0 saturated heterocycles. The van der Waals surface area contributed by atoms with Gasteiger partial charge in [-0.3, -0.25) is 0 Å². The first-order valence-corrected chi connectivity index (χ1v) is 7.78. The molecule has 1 aliphatic heterocycles. The van der Waals surface area contributed by atoms with Crippen LogP contribution in [0.25, 0.3) is 0 Å². The Morgan fingerprint density at radius 2 is 2.24 bits per heavy atom. The van der Waals surface area contributed by atoms with Crippen LogP contribution in [-0.4, -0.2) is 22.2 Å². The van der Waals surface area contributed by atoms with Crippen molar-refractivity contribution in [3.05, 3.63) is 41.7 Å². The topological polar surface area (TPSA) is 39.1 Å². The Morgan fingerprint density at radius 1 is 1.38 bits per heavy atom. The fourth-order valence-corrected chi connectivity index (χ4v) is 2.76. The third kappa shape index (κ3) is 3.20. The van der Waals surface area contributed by atoms with Crippen molar-refractivity contribution >= 4 is 5.95 Å². The maximum Gasteiger partial charge on any atom is 0.203 e. The van der Waals surface area contributed by atoms with Gasteiger partial charge in [0.1, 0.15) is 11.9 Å². The molecular weight excluding hydrogens is 262 g/mol. The summed E-state index contributed by atoms with van der Waals surface area (Å²) in [5, 5.41) is 3.45. The number of hydrogen-bond acceptors (Lipinski definition) is 3. The first-order chi connectivity index (χ1) is 10.3. The summed E-state index contributed by atoms with van der Waals surface area (Å²) in [4.78, 5) is 4.57. The molecule has 112 valence electrons. The molecule has 1 aliphatic rings. The molecule has 21 heavy (non-hydrogen) atoms. The van der Waals surface area contributed by atoms with E-state index in [9.17, 15) is 0 Å². The Kier molecular flexibility index (Phi) is 4.13. The van der Waals surface area contributed by atoms with Gasteiger partial charge in [0.2, 0.25) is 5.95 Å². The summed E-state index contributed by atoms with van der Waals surface area (Å²) in [5.41, 5.74) is 2.36. The zero-order valence-corrected chi connectivity index (χ0v) is 12.8. The SMILES string of the molecule is CCCCn1cc(C)nc1NCC1Cc2ccccc2O1. The van der Waals surface area contributed by atoms with Gasteiger partial charge in [0.05, 0.1) is 12.2 Å². The minimum Gasteiger partial charge on any atom is -0.488 e. The van der Waals surface area contributed by atoms with E-state index in [0.717, 1.165) is 36.9 Å². The number of ether oxygens (including phenoxy) is 1. The van der Waals surface area contributed by atoms with E-state index in [1.807, 2.05) is 19.1 Å². The van der Waals surface area contributed by atoms with E-state index in [1.54, 1.807) is 0 Å². The summed E-state index contributed by atoms with van der Waals surface area (Å²) in [6.45, 7) is 6.05. The van der Waals surface area contributed by atoms with Crippen LogP contribution < -0.4 is 10.1 Å². The average molecular weight is 285 g/mol. The monoisotopic (exact) mass is 285 g/mol. The highest BCUT2D eigenvalue weighted by molar-refractivity contribution is 5.38. The van der Waals surface area contributed by atoms with Crippen LogP contribution in [-0.2, 0) is 13.0 Å². The predicted octanol–water partition coefficient (Wildman–Crippen LogP) is 3.41. The number of anilines is 1. The number of nitrogens with zero attached hydrogens (tertiary/aromatic N) is 2. The van der Waals surface area contributed by atoms with Crippen LogP contribution in [0, 0.1) is 6.92 Å². The highest BCUT2D eigenvalue weighted by Gasteiger charge is 2.22. The summed E-state index contributed by atoms with van der Waals surface area (Å²) in [6.07, 6.45) is 5.65. The number of para-hydroxylation sites is 1. The number of rotatable bonds is 6. The lowest BCUT2D eigenvalue weighted by Gasteiger charge is -2.13. The van der Waals surface area contributed by atoms with E-state index < -0.39 is 0 Å². The lowest BCUT2D eigenvalue weighted by atomic mass is 10.1. The van der Waals surface area contributed by atoms with E-state index in [1.165, 1.54) is 18.4 Å². The number of unbranched alkanes of at least 4 members (excludes halogenated alkanes) is 1. The van der Waals surface area contributed by atoms with Gasteiger partial charge in [0, 0.05) is 19.2 Å². The van der Waals surface area contributed by atoms with Gasteiger partial charge in [-0.05, 0) is 25.0 Å². The summed E-state index contributed by atoms with van der Waals surface area (Å²) in [6, 6.07) is 8.28. The number of aryl methyl sites for hydroxylation is 2. The second-order valence-electron chi connectivity index (χ2n) is 5.69. The molecule has 0 amide bonds. The van der Waals surface area contributed by atoms with E-state index in [-0.39, 0.29) is 6.10 Å². The quantitative estimate of drug-likeness (QED) is 0.884. The zero-order valence-electron chi connectivity index (χ0n) is 12.8. The molecule has 0 aliphatic carbocycles. The zero-order chi connectivity index (χ0) is 14.7. The number of benzene rings is 1. The van der Waals surface area contributed by atoms with Crippen LogP contribution >= 0.6 is 0 Å². The van der Waals surface area contributed by atoms with Gasteiger partial charge < -0.3 is 14.6 Å². The largest absolute Gasteiger partial charge is 0.488 e. The van der Waals surface area contributed by atoms with Crippen molar-refractivity contribution < 1.29 is 4.74 Å². The van der Waals surface area contributed by atoms with E-state index in [2.05, 4.69) is 40.1 Å². The van der Waals surface area contributed by atoms with E-state index in [0.29, 0.717) is 0 Å². The van der Waals surface area contributed by atoms with Gasteiger partial charge in [-0.25, -0.2) is 4.98 Å². The molecule has 2 aromatic rings. The highest BCUT2D eigenvalue weighted by atomic mass is 16.5. The molecule has 1 unspecified atom stereocenters. The summed E-state index contributed by atoms with van der Waals surface area (Å²) >= 11 is 0. The van der Waals surface area contributed by atoms with Gasteiger partial charge in [0.25, 0.3) is 0 Å². The van der Waals surface area contributed by atoms with Gasteiger partial charge >= 0.3 is 0 Å². The third-order valence-corrected chi connectivity index (χ3v) is 3.85. The molecule has 0 spiro atoms. The lowest BCUT2D eigenvalue weighted by Crippen LogP contribution is -2.25. The fraction of sp³-hybridized carbons (Fsp3) is 0.471. The standard InChI is InChI=1S/C17H23N3O/c1-3-4-9-20-12-13(2)19-17(20)18-11-15-10-14-7-5-6-8-16(14)21-15/h5-8,12,15H,3-4,9-11H2,1-2H3,(H,18,19). The Labute approximate surface area is 126 Å². The van der Waals surface area contributed by atoms with Gasteiger partial charge in [0.15, 0.2) is 0 Å². The summed E-state index contributed by atoms with van der Waals surface area (Å²) in [5.74, 6) is 1.98. The Morgan fingerprint density at radius 3 is 3.05 bits per heavy atom. The number of imidazole rings is 1. The Bertz CT molecular complexity index is 581. The molecule has 1 aromatic carbocycles. The molecule has 4 nitrogen and oxygen atoms in total. The second kappa shape index (κ2) is 6.20. The van der Waals surface area contributed by atoms with Crippen molar-refractivity contribution in [1.82, 2.24) is 9.55 Å². The molecule has 1 atom stereocenters. The average Bonchev–Trinajstić information content (AvgIpc) is 3.05. The van der Waals surface area contributed by atoms with Crippen molar-refractivity contribution in [3.63, 3.8) is 0 Å². The van der Waals surface area contributed by atoms with Crippen LogP contribution in [0.15, 0.2) is 30.5 Å². The minimum absolute atomic E-state index is 0.194. The van der Waals surface area contributed by atoms with Crippen LogP contribution in [0.4, 0.5) is 5.95 Å². The van der Waals surface area contributed by atoms with Crippen molar-refractivity contribution in [2.75, 3.05) is 11.9 Å². The van der Waals surface area contributed by atoms with Gasteiger partial charge in [-0.15, -0.1) is 0 Å². The van der Waals surface area contributed by atoms with Crippen molar-refractivity contribution in [2.24, 2.45) is 0 Å². The van der Waals surface area contributed by atoms with Crippen LogP contribution in [0.1, 0.15) is 31.0 Å². The van der Waals surface area contributed by atoms with Crippen molar-refractivity contribution in [3.8, 4) is 5.75 Å². The van der Waals surface area contributed by atoms with Crippen LogP contribution in [0.3, 0.4) is 0 Å². The number of aromatic nitrogens is 2. The molecule has 1 aromatic heterocycles. The predicted molar refractivity (Wildman–Crippen MR) is 84.9 cm³/mol. The Balaban J connectivity index is 1.59. The minimum atomic E-state index is 0.194. The normalized spacial score (nSPS) is 16.6. The lowest BCUT2D eigenvalue weighted by molar-refractivity contribution is 0.246. The molecule has 3 rings (SSSR count). The molecule has 0 fully saturated rings. The van der Waals surface area contributed by atoms with E-state index in [4.69, 9.17) is 4.74 Å². The smallest absolute Gasteiger partial charge is 0.203 e. The Hall–Kier alpha value is -1.97. The van der Waals surface area contributed by atoms with E-state index >= 15 is 0 Å². The summed E-state index contributed by atoms with van der Waals surface area (Å²) < 4.78 is 8.17. The fourth-order valence-electron chi connectivity index (χ4n) is 2.76. The third-order valence-electron chi connectivity index (χ3n) is 3.85. The van der Waals surface area contributed by atoms with Gasteiger partial charge in [-0.1, -0.05) is 31.5 Å². The van der Waals surface area contributed by atoms with Crippen LogP contribution in [0.5, 0.6) is 5.75 Å². The number of hydrogen-bond donors (Lipinski definition) is 1. The molecule has 0 bridgehead atoms. The first-order valence-electron chi connectivity index (χ1n) is 7.78. The van der Waals surface area contributed by atoms with Crippen LogP contribution in [0.2, 0.25) is 0 Å². The maximum absolute atomic E-state index is 5.96. The number of nitrogens with one attached hydrogen (secondary N) is 1. The molecule has 4 heteroatoms. The maximum atomic E-state index is 5.96. The molecule has 0 radical (unpaired) electrons. The molecule has 0 saturated carbocycles. The molecule has 1 N–H and O–H groups in total.